The Bertz CT molecular complexity index is 529. The van der Waals surface area contributed by atoms with Crippen molar-refractivity contribution in [3.8, 4) is 0 Å². The van der Waals surface area contributed by atoms with E-state index >= 15 is 0 Å². The van der Waals surface area contributed by atoms with Gasteiger partial charge in [-0.2, -0.15) is 0 Å². The molecule has 1 aromatic carbocycles. The zero-order valence-corrected chi connectivity index (χ0v) is 10.8. The van der Waals surface area contributed by atoms with Crippen molar-refractivity contribution in [2.45, 2.75) is 13.3 Å². The van der Waals surface area contributed by atoms with Crippen molar-refractivity contribution in [3.05, 3.63) is 33.9 Å². The van der Waals surface area contributed by atoms with Crippen LogP contribution in [0.4, 0.5) is 11.4 Å². The number of carbonyl (C=O) groups is 2. The first kappa shape index (κ1) is 15.6. The molecule has 0 aromatic heterocycles. The smallest absolute Gasteiger partial charge is 0.338 e. The topological polar surface area (TPSA) is 119 Å². The first-order chi connectivity index (χ1) is 9.45. The van der Waals surface area contributed by atoms with Gasteiger partial charge in [-0.25, -0.2) is 4.79 Å². The Balaban J connectivity index is 2.86. The highest BCUT2D eigenvalue weighted by molar-refractivity contribution is 6.01. The maximum Gasteiger partial charge on any atom is 0.338 e. The molecule has 8 nitrogen and oxygen atoms in total. The molecule has 1 amide bonds. The number of nitrogens with one attached hydrogen (secondary N) is 1. The molecule has 0 atom stereocenters. The number of hydrogen-bond acceptors (Lipinski definition) is 5. The number of ether oxygens (including phenoxy) is 1. The van der Waals surface area contributed by atoms with Gasteiger partial charge in [0.2, 0.25) is 5.91 Å². The highest BCUT2D eigenvalue weighted by Gasteiger charge is 2.17. The highest BCUT2D eigenvalue weighted by Crippen LogP contribution is 2.22. The maximum atomic E-state index is 11.6. The quantitative estimate of drug-likeness (QED) is 0.446. The Morgan fingerprint density at radius 2 is 2.15 bits per heavy atom. The van der Waals surface area contributed by atoms with Crippen molar-refractivity contribution < 1.29 is 24.4 Å². The molecule has 0 saturated heterocycles. The zero-order chi connectivity index (χ0) is 15.1. The molecule has 0 fully saturated rings. The predicted molar refractivity (Wildman–Crippen MR) is 69.8 cm³/mol. The van der Waals surface area contributed by atoms with Gasteiger partial charge in [-0.1, -0.05) is 0 Å². The van der Waals surface area contributed by atoms with Crippen LogP contribution in [0.25, 0.3) is 0 Å². The maximum absolute atomic E-state index is 11.6. The van der Waals surface area contributed by atoms with Crippen LogP contribution in [0, 0.1) is 10.1 Å². The molecule has 0 aliphatic carbocycles. The van der Waals surface area contributed by atoms with Gasteiger partial charge in [0.25, 0.3) is 5.69 Å². The largest absolute Gasteiger partial charge is 0.478 e. The lowest BCUT2D eigenvalue weighted by Gasteiger charge is -2.08. The fraction of sp³-hybridized carbons (Fsp3) is 0.333. The lowest BCUT2D eigenvalue weighted by molar-refractivity contribution is -0.384. The Hall–Kier alpha value is -2.48. The van der Waals surface area contributed by atoms with E-state index in [2.05, 4.69) is 5.32 Å². The standard InChI is InChI=1S/C12H14N2O6/c1-2-20-6-5-11(15)13-10-4-3-8(14(18)19)7-9(10)12(16)17/h3-4,7H,2,5-6H2,1H3,(H,13,15)(H,16,17). The number of nitrogens with zero attached hydrogens (tertiary/aromatic N) is 1. The van der Waals surface area contributed by atoms with Crippen LogP contribution in [0.5, 0.6) is 0 Å². The van der Waals surface area contributed by atoms with Crippen LogP contribution in [0.2, 0.25) is 0 Å². The number of carboxylic acids is 1. The van der Waals surface area contributed by atoms with Crippen molar-refractivity contribution in [1.29, 1.82) is 0 Å². The minimum Gasteiger partial charge on any atom is -0.478 e. The van der Waals surface area contributed by atoms with Crippen LogP contribution >= 0.6 is 0 Å². The first-order valence-electron chi connectivity index (χ1n) is 5.85. The van der Waals surface area contributed by atoms with Gasteiger partial charge in [0.05, 0.1) is 29.2 Å². The van der Waals surface area contributed by atoms with E-state index in [1.807, 2.05) is 0 Å². The van der Waals surface area contributed by atoms with Crippen LogP contribution in [0.1, 0.15) is 23.7 Å². The van der Waals surface area contributed by atoms with Crippen LogP contribution in [0.15, 0.2) is 18.2 Å². The third-order valence-corrected chi connectivity index (χ3v) is 2.40. The van der Waals surface area contributed by atoms with E-state index in [0.29, 0.717) is 6.61 Å². The van der Waals surface area contributed by atoms with Crippen LogP contribution in [-0.2, 0) is 9.53 Å². The van der Waals surface area contributed by atoms with Crippen LogP contribution < -0.4 is 5.32 Å². The van der Waals surface area contributed by atoms with E-state index in [4.69, 9.17) is 9.84 Å². The fourth-order valence-corrected chi connectivity index (χ4v) is 1.45. The number of hydrogen-bond donors (Lipinski definition) is 2. The van der Waals surface area contributed by atoms with Gasteiger partial charge in [-0.05, 0) is 13.0 Å². The number of benzene rings is 1. The summed E-state index contributed by atoms with van der Waals surface area (Å²) >= 11 is 0. The second-order valence-electron chi connectivity index (χ2n) is 3.79. The molecular formula is C12H14N2O6. The summed E-state index contributed by atoms with van der Waals surface area (Å²) in [5.41, 5.74) is -0.664. The molecule has 1 aromatic rings. The molecule has 20 heavy (non-hydrogen) atoms. The van der Waals surface area contributed by atoms with Gasteiger partial charge >= 0.3 is 5.97 Å². The number of carboxylic acid groups (broad SMARTS) is 1. The third-order valence-electron chi connectivity index (χ3n) is 2.40. The molecule has 0 heterocycles. The number of rotatable bonds is 7. The van der Waals surface area contributed by atoms with Gasteiger partial charge in [-0.15, -0.1) is 0 Å². The van der Waals surface area contributed by atoms with E-state index in [1.165, 1.54) is 6.07 Å². The molecular weight excluding hydrogens is 268 g/mol. The number of non-ortho nitro benzene ring substituents is 1. The summed E-state index contributed by atoms with van der Waals surface area (Å²) in [7, 11) is 0. The Morgan fingerprint density at radius 1 is 1.45 bits per heavy atom. The van der Waals surface area contributed by atoms with E-state index in [9.17, 15) is 19.7 Å². The number of aromatic carboxylic acids is 1. The minimum atomic E-state index is -1.35. The van der Waals surface area contributed by atoms with Crippen molar-refractivity contribution in [3.63, 3.8) is 0 Å². The number of anilines is 1. The molecule has 0 unspecified atom stereocenters. The summed E-state index contributed by atoms with van der Waals surface area (Å²) in [6.45, 7) is 2.49. The van der Waals surface area contributed by atoms with E-state index in [-0.39, 0.29) is 30.0 Å². The van der Waals surface area contributed by atoms with Gasteiger partial charge < -0.3 is 15.2 Å². The van der Waals surface area contributed by atoms with E-state index in [0.717, 1.165) is 12.1 Å². The molecule has 0 saturated carbocycles. The summed E-state index contributed by atoms with van der Waals surface area (Å²) in [6.07, 6.45) is 0.0733. The second-order valence-corrected chi connectivity index (χ2v) is 3.79. The van der Waals surface area contributed by atoms with Crippen molar-refractivity contribution >= 4 is 23.3 Å². The van der Waals surface area contributed by atoms with Gasteiger partial charge in [0, 0.05) is 18.7 Å². The van der Waals surface area contributed by atoms with E-state index < -0.39 is 16.8 Å². The number of amides is 1. The second kappa shape index (κ2) is 7.19. The zero-order valence-electron chi connectivity index (χ0n) is 10.8. The Morgan fingerprint density at radius 3 is 2.70 bits per heavy atom. The van der Waals surface area contributed by atoms with E-state index in [1.54, 1.807) is 6.92 Å². The Kier molecular flexibility index (Phi) is 5.60. The van der Waals surface area contributed by atoms with Crippen LogP contribution in [-0.4, -0.2) is 35.1 Å². The SMILES string of the molecule is CCOCCC(=O)Nc1ccc([N+](=O)[O-])cc1C(=O)O. The highest BCUT2D eigenvalue weighted by atomic mass is 16.6. The summed E-state index contributed by atoms with van der Waals surface area (Å²) in [5.74, 6) is -1.77. The average Bonchev–Trinajstić information content (AvgIpc) is 2.38. The fourth-order valence-electron chi connectivity index (χ4n) is 1.45. The molecule has 0 bridgehead atoms. The van der Waals surface area contributed by atoms with Crippen molar-refractivity contribution in [1.82, 2.24) is 0 Å². The molecule has 0 spiro atoms. The first-order valence-corrected chi connectivity index (χ1v) is 5.85. The molecule has 0 aliphatic heterocycles. The van der Waals surface area contributed by atoms with Crippen molar-refractivity contribution in [2.75, 3.05) is 18.5 Å². The van der Waals surface area contributed by atoms with Crippen molar-refractivity contribution in [2.24, 2.45) is 0 Å². The molecule has 2 N–H and O–H groups in total. The lowest BCUT2D eigenvalue weighted by atomic mass is 10.1. The van der Waals surface area contributed by atoms with Gasteiger partial charge in [0.15, 0.2) is 0 Å². The molecule has 8 heteroatoms. The summed E-state index contributed by atoms with van der Waals surface area (Å²) in [4.78, 5) is 32.5. The monoisotopic (exact) mass is 282 g/mol. The third kappa shape index (κ3) is 4.32. The molecule has 108 valence electrons. The molecule has 0 radical (unpaired) electrons. The summed E-state index contributed by atoms with van der Waals surface area (Å²) in [6, 6.07) is 3.23. The normalized spacial score (nSPS) is 10.1. The van der Waals surface area contributed by atoms with Gasteiger partial charge in [0.1, 0.15) is 0 Å². The minimum absolute atomic E-state index is 0.0181. The molecule has 0 aliphatic rings. The summed E-state index contributed by atoms with van der Waals surface area (Å²) < 4.78 is 5.00. The Labute approximate surface area is 114 Å². The average molecular weight is 282 g/mol. The summed E-state index contributed by atoms with van der Waals surface area (Å²) in [5, 5.41) is 22.0. The number of nitro groups is 1. The predicted octanol–water partition coefficient (Wildman–Crippen LogP) is 1.66. The van der Waals surface area contributed by atoms with Gasteiger partial charge in [-0.3, -0.25) is 14.9 Å². The van der Waals surface area contributed by atoms with Crippen LogP contribution in [0.3, 0.4) is 0 Å². The molecule has 1 rings (SSSR count). The lowest BCUT2D eigenvalue weighted by Crippen LogP contribution is -2.16. The number of carbonyl (C=O) groups excluding carboxylic acids is 1. The number of nitro benzene ring substituents is 1.